The number of carbonyl (C=O) groups excluding carboxylic acids is 1. The summed E-state index contributed by atoms with van der Waals surface area (Å²) in [5.41, 5.74) is 1.000. The van der Waals surface area contributed by atoms with Crippen LogP contribution in [0.25, 0.3) is 0 Å². The number of amides is 1. The van der Waals surface area contributed by atoms with Crippen LogP contribution in [0.2, 0.25) is 0 Å². The van der Waals surface area contributed by atoms with Gasteiger partial charge in [-0.05, 0) is 37.1 Å². The molecular formula is C15H22N2O3. The smallest absolute Gasteiger partial charge is 0.224 e. The van der Waals surface area contributed by atoms with E-state index < -0.39 is 0 Å². The molecule has 1 heterocycles. The van der Waals surface area contributed by atoms with Crippen molar-refractivity contribution in [1.82, 2.24) is 10.6 Å². The Morgan fingerprint density at radius 3 is 2.80 bits per heavy atom. The Bertz CT molecular complexity index is 456. The molecule has 0 saturated carbocycles. The fourth-order valence-electron chi connectivity index (χ4n) is 2.40. The molecule has 1 aliphatic rings. The molecule has 1 aliphatic heterocycles. The van der Waals surface area contributed by atoms with Crippen molar-refractivity contribution in [3.63, 3.8) is 0 Å². The molecule has 1 saturated heterocycles. The quantitative estimate of drug-likeness (QED) is 0.853. The third-order valence-electron chi connectivity index (χ3n) is 3.58. The van der Waals surface area contributed by atoms with Gasteiger partial charge < -0.3 is 20.1 Å². The average molecular weight is 278 g/mol. The van der Waals surface area contributed by atoms with Crippen molar-refractivity contribution >= 4 is 5.91 Å². The van der Waals surface area contributed by atoms with E-state index in [2.05, 4.69) is 10.6 Å². The molecule has 0 aliphatic carbocycles. The Labute approximate surface area is 119 Å². The van der Waals surface area contributed by atoms with Crippen LogP contribution in [-0.4, -0.2) is 33.2 Å². The maximum Gasteiger partial charge on any atom is 0.224 e. The molecule has 0 aromatic heterocycles. The highest BCUT2D eigenvalue weighted by atomic mass is 16.5. The first-order valence-electron chi connectivity index (χ1n) is 6.94. The summed E-state index contributed by atoms with van der Waals surface area (Å²) < 4.78 is 10.4. The first-order chi connectivity index (χ1) is 9.74. The molecule has 1 aromatic rings. The van der Waals surface area contributed by atoms with Crippen LogP contribution >= 0.6 is 0 Å². The van der Waals surface area contributed by atoms with Gasteiger partial charge in [-0.3, -0.25) is 4.79 Å². The van der Waals surface area contributed by atoms with Crippen LogP contribution in [0.15, 0.2) is 18.2 Å². The van der Waals surface area contributed by atoms with Crippen LogP contribution in [0, 0.1) is 5.92 Å². The highest BCUT2D eigenvalue weighted by Crippen LogP contribution is 2.27. The topological polar surface area (TPSA) is 59.6 Å². The number of rotatable bonds is 5. The number of methoxy groups -OCH3 is 2. The maximum absolute atomic E-state index is 12.0. The summed E-state index contributed by atoms with van der Waals surface area (Å²) in [4.78, 5) is 12.0. The van der Waals surface area contributed by atoms with Gasteiger partial charge in [0.2, 0.25) is 5.91 Å². The molecule has 5 nitrogen and oxygen atoms in total. The van der Waals surface area contributed by atoms with Crippen molar-refractivity contribution in [2.45, 2.75) is 19.4 Å². The molecule has 20 heavy (non-hydrogen) atoms. The monoisotopic (exact) mass is 278 g/mol. The first-order valence-corrected chi connectivity index (χ1v) is 6.94. The number of nitrogens with one attached hydrogen (secondary N) is 2. The van der Waals surface area contributed by atoms with Crippen LogP contribution in [0.3, 0.4) is 0 Å². The Kier molecular flexibility index (Phi) is 5.24. The van der Waals surface area contributed by atoms with E-state index in [1.165, 1.54) is 0 Å². The lowest BCUT2D eigenvalue weighted by Crippen LogP contribution is -2.40. The second kappa shape index (κ2) is 7.14. The largest absolute Gasteiger partial charge is 0.493 e. The fourth-order valence-corrected chi connectivity index (χ4v) is 2.40. The number of benzene rings is 1. The van der Waals surface area contributed by atoms with Crippen molar-refractivity contribution in [2.75, 3.05) is 27.3 Å². The zero-order valence-corrected chi connectivity index (χ0v) is 12.1. The molecule has 2 rings (SSSR count). The van der Waals surface area contributed by atoms with Crippen molar-refractivity contribution < 1.29 is 14.3 Å². The summed E-state index contributed by atoms with van der Waals surface area (Å²) >= 11 is 0. The Hall–Kier alpha value is -1.75. The van der Waals surface area contributed by atoms with Crippen LogP contribution in [0.5, 0.6) is 11.5 Å². The lowest BCUT2D eigenvalue weighted by Gasteiger charge is -2.22. The maximum atomic E-state index is 12.0. The van der Waals surface area contributed by atoms with E-state index in [0.29, 0.717) is 18.0 Å². The number of carbonyl (C=O) groups is 1. The first kappa shape index (κ1) is 14.7. The van der Waals surface area contributed by atoms with E-state index in [1.807, 2.05) is 18.2 Å². The molecule has 0 radical (unpaired) electrons. The van der Waals surface area contributed by atoms with Gasteiger partial charge in [0.1, 0.15) is 0 Å². The normalized spacial score (nSPS) is 18.4. The van der Waals surface area contributed by atoms with E-state index >= 15 is 0 Å². The molecule has 1 aromatic carbocycles. The standard InChI is InChI=1S/C15H22N2O3/c1-19-13-6-5-11(8-14(13)20-2)9-17-15(18)12-4-3-7-16-10-12/h5-6,8,12,16H,3-4,7,9-10H2,1-2H3,(H,17,18)/t12-/m1/s1. The third kappa shape index (κ3) is 3.63. The molecule has 0 spiro atoms. The summed E-state index contributed by atoms with van der Waals surface area (Å²) in [5.74, 6) is 1.58. The zero-order chi connectivity index (χ0) is 14.4. The highest BCUT2D eigenvalue weighted by Gasteiger charge is 2.20. The second-order valence-electron chi connectivity index (χ2n) is 4.95. The molecule has 1 amide bonds. The van der Waals surface area contributed by atoms with Crippen molar-refractivity contribution in [1.29, 1.82) is 0 Å². The van der Waals surface area contributed by atoms with Gasteiger partial charge in [-0.2, -0.15) is 0 Å². The minimum Gasteiger partial charge on any atom is -0.493 e. The molecule has 110 valence electrons. The van der Waals surface area contributed by atoms with Crippen molar-refractivity contribution in [2.24, 2.45) is 5.92 Å². The van der Waals surface area contributed by atoms with Crippen molar-refractivity contribution in [3.8, 4) is 11.5 Å². The molecule has 0 bridgehead atoms. The second-order valence-corrected chi connectivity index (χ2v) is 4.95. The Balaban J connectivity index is 1.91. The van der Waals surface area contributed by atoms with Crippen LogP contribution in [0.1, 0.15) is 18.4 Å². The van der Waals surface area contributed by atoms with Gasteiger partial charge in [0.25, 0.3) is 0 Å². The van der Waals surface area contributed by atoms with E-state index in [0.717, 1.165) is 31.5 Å². The molecule has 5 heteroatoms. The van der Waals surface area contributed by atoms with Gasteiger partial charge >= 0.3 is 0 Å². The summed E-state index contributed by atoms with van der Waals surface area (Å²) in [6, 6.07) is 5.67. The predicted octanol–water partition coefficient (Wildman–Crippen LogP) is 1.32. The third-order valence-corrected chi connectivity index (χ3v) is 3.58. The van der Waals surface area contributed by atoms with Crippen molar-refractivity contribution in [3.05, 3.63) is 23.8 Å². The van der Waals surface area contributed by atoms with Gasteiger partial charge in [0.05, 0.1) is 20.1 Å². The van der Waals surface area contributed by atoms with Crippen LogP contribution < -0.4 is 20.1 Å². The van der Waals surface area contributed by atoms with Gasteiger partial charge in [0, 0.05) is 13.1 Å². The van der Waals surface area contributed by atoms with Crippen LogP contribution in [0.4, 0.5) is 0 Å². The van der Waals surface area contributed by atoms with Gasteiger partial charge in [0.15, 0.2) is 11.5 Å². The molecule has 1 atom stereocenters. The lowest BCUT2D eigenvalue weighted by atomic mass is 9.99. The molecular weight excluding hydrogens is 256 g/mol. The minimum atomic E-state index is 0.0869. The Morgan fingerprint density at radius 1 is 1.35 bits per heavy atom. The zero-order valence-electron chi connectivity index (χ0n) is 12.1. The van der Waals surface area contributed by atoms with E-state index in [9.17, 15) is 4.79 Å². The predicted molar refractivity (Wildman–Crippen MR) is 77.0 cm³/mol. The number of hydrogen-bond acceptors (Lipinski definition) is 4. The summed E-state index contributed by atoms with van der Waals surface area (Å²) in [6.07, 6.45) is 2.03. The van der Waals surface area contributed by atoms with Gasteiger partial charge in [-0.1, -0.05) is 6.07 Å². The van der Waals surface area contributed by atoms with E-state index in [4.69, 9.17) is 9.47 Å². The average Bonchev–Trinajstić information content (AvgIpc) is 2.53. The van der Waals surface area contributed by atoms with Gasteiger partial charge in [-0.25, -0.2) is 0 Å². The summed E-state index contributed by atoms with van der Waals surface area (Å²) in [6.45, 7) is 2.30. The minimum absolute atomic E-state index is 0.0869. The summed E-state index contributed by atoms with van der Waals surface area (Å²) in [5, 5.41) is 6.23. The molecule has 2 N–H and O–H groups in total. The number of piperidine rings is 1. The van der Waals surface area contributed by atoms with E-state index in [1.54, 1.807) is 14.2 Å². The molecule has 1 fully saturated rings. The van der Waals surface area contributed by atoms with Gasteiger partial charge in [-0.15, -0.1) is 0 Å². The Morgan fingerprint density at radius 2 is 2.15 bits per heavy atom. The highest BCUT2D eigenvalue weighted by molar-refractivity contribution is 5.79. The van der Waals surface area contributed by atoms with E-state index in [-0.39, 0.29) is 11.8 Å². The molecule has 0 unspecified atom stereocenters. The number of hydrogen-bond donors (Lipinski definition) is 2. The lowest BCUT2D eigenvalue weighted by molar-refractivity contribution is -0.125. The fraction of sp³-hybridized carbons (Fsp3) is 0.533. The van der Waals surface area contributed by atoms with Crippen LogP contribution in [-0.2, 0) is 11.3 Å². The SMILES string of the molecule is COc1ccc(CNC(=O)[C@@H]2CCCNC2)cc1OC. The summed E-state index contributed by atoms with van der Waals surface area (Å²) in [7, 11) is 3.21. The number of ether oxygens (including phenoxy) is 2.